The van der Waals surface area contributed by atoms with Gasteiger partial charge >= 0.3 is 0 Å². The van der Waals surface area contributed by atoms with E-state index in [1.807, 2.05) is 0 Å². The molecule has 92 valence electrons. The fourth-order valence-electron chi connectivity index (χ4n) is 3.10. The van der Waals surface area contributed by atoms with Crippen molar-refractivity contribution < 1.29 is 0 Å². The van der Waals surface area contributed by atoms with Gasteiger partial charge < -0.3 is 10.6 Å². The van der Waals surface area contributed by atoms with Crippen LogP contribution < -0.4 is 10.6 Å². The van der Waals surface area contributed by atoms with E-state index in [9.17, 15) is 0 Å². The summed E-state index contributed by atoms with van der Waals surface area (Å²) in [5, 5.41) is 7.13. The van der Waals surface area contributed by atoms with Gasteiger partial charge in [-0.25, -0.2) is 0 Å². The fraction of sp³-hybridized carbons (Fsp3) is 0.600. The van der Waals surface area contributed by atoms with Gasteiger partial charge in [0.2, 0.25) is 0 Å². The van der Waals surface area contributed by atoms with E-state index in [0.717, 1.165) is 18.4 Å². The molecule has 1 heterocycles. The molecule has 0 bridgehead atoms. The van der Waals surface area contributed by atoms with Gasteiger partial charge in [-0.2, -0.15) is 0 Å². The number of hydrogen-bond acceptors (Lipinski definition) is 2. The Labute approximate surface area is 104 Å². The monoisotopic (exact) mass is 230 g/mol. The maximum atomic E-state index is 3.66. The van der Waals surface area contributed by atoms with Crippen LogP contribution in [0.25, 0.3) is 0 Å². The Morgan fingerprint density at radius 2 is 2.18 bits per heavy atom. The van der Waals surface area contributed by atoms with Gasteiger partial charge in [-0.1, -0.05) is 24.3 Å². The molecule has 2 heteroatoms. The van der Waals surface area contributed by atoms with Gasteiger partial charge in [-0.05, 0) is 55.9 Å². The van der Waals surface area contributed by atoms with Crippen molar-refractivity contribution in [2.45, 2.75) is 25.2 Å². The maximum Gasteiger partial charge on any atom is 0.00235 e. The third kappa shape index (κ3) is 2.53. The summed E-state index contributed by atoms with van der Waals surface area (Å²) >= 11 is 0. The quantitative estimate of drug-likeness (QED) is 0.825. The van der Waals surface area contributed by atoms with Gasteiger partial charge in [0.15, 0.2) is 0 Å². The smallest absolute Gasteiger partial charge is 0.00235 e. The minimum atomic E-state index is 0.766. The second-order valence-electron chi connectivity index (χ2n) is 5.47. The molecule has 1 aromatic carbocycles. The van der Waals surface area contributed by atoms with Gasteiger partial charge in [0, 0.05) is 12.5 Å². The van der Waals surface area contributed by atoms with Crippen LogP contribution in [0.2, 0.25) is 0 Å². The minimum absolute atomic E-state index is 0.766. The van der Waals surface area contributed by atoms with Crippen molar-refractivity contribution in [1.82, 2.24) is 10.6 Å². The normalized spacial score (nSPS) is 27.3. The molecule has 0 aromatic heterocycles. The Bertz CT molecular complexity index is 369. The zero-order valence-corrected chi connectivity index (χ0v) is 10.4. The molecule has 1 aromatic rings. The molecule has 0 spiro atoms. The van der Waals surface area contributed by atoms with Crippen LogP contribution in [0.4, 0.5) is 0 Å². The van der Waals surface area contributed by atoms with Crippen molar-refractivity contribution in [1.29, 1.82) is 0 Å². The molecular weight excluding hydrogens is 208 g/mol. The lowest BCUT2D eigenvalue weighted by atomic mass is 9.77. The van der Waals surface area contributed by atoms with E-state index in [4.69, 9.17) is 0 Å². The summed E-state index contributed by atoms with van der Waals surface area (Å²) in [6, 6.07) is 8.86. The third-order valence-corrected chi connectivity index (χ3v) is 4.18. The zero-order valence-electron chi connectivity index (χ0n) is 10.4. The number of rotatable bonds is 4. The molecule has 1 aliphatic carbocycles. The molecule has 2 N–H and O–H groups in total. The van der Waals surface area contributed by atoms with Crippen LogP contribution in [-0.2, 0) is 6.42 Å². The van der Waals surface area contributed by atoms with Crippen LogP contribution in [0.15, 0.2) is 24.3 Å². The van der Waals surface area contributed by atoms with Crippen LogP contribution in [0.1, 0.15) is 29.9 Å². The highest BCUT2D eigenvalue weighted by atomic mass is 14.9. The summed E-state index contributed by atoms with van der Waals surface area (Å²) in [4.78, 5) is 0. The molecule has 1 aliphatic heterocycles. The first-order valence-corrected chi connectivity index (χ1v) is 6.93. The maximum absolute atomic E-state index is 3.66. The Hall–Kier alpha value is -0.860. The molecule has 2 aliphatic rings. The first kappa shape index (κ1) is 11.2. The van der Waals surface area contributed by atoms with Crippen molar-refractivity contribution in [2.24, 2.45) is 5.92 Å². The highest BCUT2D eigenvalue weighted by Crippen LogP contribution is 2.33. The molecule has 1 fully saturated rings. The summed E-state index contributed by atoms with van der Waals surface area (Å²) in [5.74, 6) is 1.61. The second kappa shape index (κ2) is 5.19. The molecule has 0 amide bonds. The second-order valence-corrected chi connectivity index (χ2v) is 5.47. The standard InChI is InChI=1S/C15H22N2/c1-2-6-15-13(5-1)8-14(15)11-17-10-12-4-3-7-16-9-12/h1-2,5-6,12,14,16-17H,3-4,7-11H2. The van der Waals surface area contributed by atoms with E-state index in [1.54, 1.807) is 11.1 Å². The molecule has 0 saturated carbocycles. The fourth-order valence-corrected chi connectivity index (χ4v) is 3.10. The first-order valence-electron chi connectivity index (χ1n) is 6.93. The number of nitrogens with one attached hydrogen (secondary N) is 2. The molecule has 1 saturated heterocycles. The van der Waals surface area contributed by atoms with Crippen molar-refractivity contribution in [3.05, 3.63) is 35.4 Å². The lowest BCUT2D eigenvalue weighted by Crippen LogP contribution is -2.38. The predicted molar refractivity (Wildman–Crippen MR) is 71.4 cm³/mol. The third-order valence-electron chi connectivity index (χ3n) is 4.18. The number of piperidine rings is 1. The van der Waals surface area contributed by atoms with Crippen LogP contribution in [-0.4, -0.2) is 26.2 Å². The summed E-state index contributed by atoms with van der Waals surface area (Å²) in [5.41, 5.74) is 3.13. The summed E-state index contributed by atoms with van der Waals surface area (Å²) in [6.45, 7) is 4.76. The Kier molecular flexibility index (Phi) is 3.44. The largest absolute Gasteiger partial charge is 0.316 e. The molecule has 2 atom stereocenters. The van der Waals surface area contributed by atoms with Crippen molar-refractivity contribution in [3.8, 4) is 0 Å². The van der Waals surface area contributed by atoms with E-state index >= 15 is 0 Å². The van der Waals surface area contributed by atoms with E-state index < -0.39 is 0 Å². The summed E-state index contributed by atoms with van der Waals surface area (Å²) in [6.07, 6.45) is 4.01. The minimum Gasteiger partial charge on any atom is -0.316 e. The van der Waals surface area contributed by atoms with Gasteiger partial charge in [0.25, 0.3) is 0 Å². The van der Waals surface area contributed by atoms with E-state index in [1.165, 1.54) is 38.9 Å². The van der Waals surface area contributed by atoms with Crippen LogP contribution in [0.3, 0.4) is 0 Å². The van der Waals surface area contributed by atoms with Crippen LogP contribution in [0, 0.1) is 5.92 Å². The molecule has 3 rings (SSSR count). The molecule has 2 unspecified atom stereocenters. The number of hydrogen-bond donors (Lipinski definition) is 2. The van der Waals surface area contributed by atoms with E-state index in [0.29, 0.717) is 0 Å². The van der Waals surface area contributed by atoms with Gasteiger partial charge in [-0.3, -0.25) is 0 Å². The van der Waals surface area contributed by atoms with Crippen molar-refractivity contribution in [2.75, 3.05) is 26.2 Å². The Balaban J connectivity index is 1.41. The lowest BCUT2D eigenvalue weighted by Gasteiger charge is -2.31. The summed E-state index contributed by atoms with van der Waals surface area (Å²) < 4.78 is 0. The molecule has 17 heavy (non-hydrogen) atoms. The predicted octanol–water partition coefficient (Wildman–Crippen LogP) is 1.92. The van der Waals surface area contributed by atoms with Crippen LogP contribution in [0.5, 0.6) is 0 Å². The Morgan fingerprint density at radius 1 is 1.24 bits per heavy atom. The Morgan fingerprint density at radius 3 is 3.00 bits per heavy atom. The van der Waals surface area contributed by atoms with Crippen LogP contribution >= 0.6 is 0 Å². The van der Waals surface area contributed by atoms with Crippen molar-refractivity contribution >= 4 is 0 Å². The van der Waals surface area contributed by atoms with Crippen molar-refractivity contribution in [3.63, 3.8) is 0 Å². The van der Waals surface area contributed by atoms with Gasteiger partial charge in [-0.15, -0.1) is 0 Å². The molecule has 0 radical (unpaired) electrons. The lowest BCUT2D eigenvalue weighted by molar-refractivity contribution is 0.354. The van der Waals surface area contributed by atoms with Gasteiger partial charge in [0.05, 0.1) is 0 Å². The molecule has 2 nitrogen and oxygen atoms in total. The average Bonchev–Trinajstić information content (AvgIpc) is 2.36. The highest BCUT2D eigenvalue weighted by molar-refractivity contribution is 5.40. The van der Waals surface area contributed by atoms with Gasteiger partial charge in [0.1, 0.15) is 0 Å². The summed E-state index contributed by atoms with van der Waals surface area (Å²) in [7, 11) is 0. The first-order chi connectivity index (χ1) is 8.43. The average molecular weight is 230 g/mol. The SMILES string of the molecule is c1ccc2c(c1)CC2CNCC1CCCNC1. The van der Waals surface area contributed by atoms with E-state index in [-0.39, 0.29) is 0 Å². The van der Waals surface area contributed by atoms with E-state index in [2.05, 4.69) is 34.9 Å². The highest BCUT2D eigenvalue weighted by Gasteiger charge is 2.25. The number of fused-ring (bicyclic) bond motifs is 1. The zero-order chi connectivity index (χ0) is 11.5. The number of benzene rings is 1. The molecular formula is C15H22N2. The topological polar surface area (TPSA) is 24.1 Å².